The van der Waals surface area contributed by atoms with Gasteiger partial charge in [0.25, 0.3) is 5.91 Å². The van der Waals surface area contributed by atoms with Gasteiger partial charge < -0.3 is 20.3 Å². The first kappa shape index (κ1) is 22.2. The van der Waals surface area contributed by atoms with E-state index in [1.165, 1.54) is 0 Å². The molecule has 8 heteroatoms. The Hall–Kier alpha value is -0.870. The number of nitrogens with one attached hydrogen (secondary N) is 2. The minimum atomic E-state index is -0.0746. The van der Waals surface area contributed by atoms with Crippen molar-refractivity contribution in [1.82, 2.24) is 15.5 Å². The standard InChI is InChI=1S/C17H25BrN4O2.HI/c1-19-17(22-9-6-13(11-22)12-24-2)21-8-7-20-16(23)14-4-3-5-15(18)10-14;/h3-5,10,13H,6-9,11-12H2,1-2H3,(H,19,21)(H,20,23);1H. The number of carbonyl (C=O) groups is 1. The van der Waals surface area contributed by atoms with Gasteiger partial charge in [-0.1, -0.05) is 22.0 Å². The van der Waals surface area contributed by atoms with Gasteiger partial charge in [-0.05, 0) is 24.6 Å². The molecule has 0 aliphatic carbocycles. The molecule has 0 bridgehead atoms. The molecule has 1 aliphatic heterocycles. The lowest BCUT2D eigenvalue weighted by Crippen LogP contribution is -2.43. The number of amides is 1. The minimum absolute atomic E-state index is 0. The van der Waals surface area contributed by atoms with Crippen LogP contribution in [0.25, 0.3) is 0 Å². The van der Waals surface area contributed by atoms with Gasteiger partial charge in [-0.3, -0.25) is 9.79 Å². The largest absolute Gasteiger partial charge is 0.384 e. The van der Waals surface area contributed by atoms with Crippen molar-refractivity contribution < 1.29 is 9.53 Å². The van der Waals surface area contributed by atoms with Gasteiger partial charge in [-0.15, -0.1) is 24.0 Å². The van der Waals surface area contributed by atoms with Gasteiger partial charge in [0.15, 0.2) is 5.96 Å². The molecule has 0 aromatic heterocycles. The van der Waals surface area contributed by atoms with Crippen LogP contribution in [0.5, 0.6) is 0 Å². The molecular weight excluding hydrogens is 499 g/mol. The first-order valence-corrected chi connectivity index (χ1v) is 8.91. The van der Waals surface area contributed by atoms with Crippen molar-refractivity contribution in [1.29, 1.82) is 0 Å². The fourth-order valence-corrected chi connectivity index (χ4v) is 3.21. The summed E-state index contributed by atoms with van der Waals surface area (Å²) in [6, 6.07) is 7.35. The number of carbonyl (C=O) groups excluding carboxylic acids is 1. The van der Waals surface area contributed by atoms with Crippen LogP contribution in [0.15, 0.2) is 33.7 Å². The molecule has 1 aliphatic rings. The Labute approximate surface area is 174 Å². The zero-order valence-corrected chi connectivity index (χ0v) is 18.5. The summed E-state index contributed by atoms with van der Waals surface area (Å²) >= 11 is 3.37. The smallest absolute Gasteiger partial charge is 0.251 e. The molecule has 0 saturated carbocycles. The van der Waals surface area contributed by atoms with E-state index in [4.69, 9.17) is 4.74 Å². The molecular formula is C17H26BrIN4O2. The molecule has 1 aromatic rings. The Morgan fingerprint density at radius 3 is 2.84 bits per heavy atom. The molecule has 0 radical (unpaired) electrons. The summed E-state index contributed by atoms with van der Waals surface area (Å²) in [4.78, 5) is 18.6. The SMILES string of the molecule is CN=C(NCCNC(=O)c1cccc(Br)c1)N1CCC(COC)C1.I. The lowest BCUT2D eigenvalue weighted by atomic mass is 10.1. The van der Waals surface area contributed by atoms with Crippen molar-refractivity contribution in [2.45, 2.75) is 6.42 Å². The lowest BCUT2D eigenvalue weighted by molar-refractivity contribution is 0.0954. The Morgan fingerprint density at radius 2 is 2.16 bits per heavy atom. The Balaban J connectivity index is 0.00000312. The van der Waals surface area contributed by atoms with E-state index >= 15 is 0 Å². The fraction of sp³-hybridized carbons (Fsp3) is 0.529. The predicted molar refractivity (Wildman–Crippen MR) is 115 cm³/mol. The number of likely N-dealkylation sites (tertiary alicyclic amines) is 1. The van der Waals surface area contributed by atoms with Crippen LogP contribution in [-0.2, 0) is 4.74 Å². The maximum atomic E-state index is 12.1. The number of hydrogen-bond donors (Lipinski definition) is 2. The normalized spacial score (nSPS) is 17.2. The van der Waals surface area contributed by atoms with E-state index in [-0.39, 0.29) is 29.9 Å². The summed E-state index contributed by atoms with van der Waals surface area (Å²) in [5.41, 5.74) is 0.649. The molecule has 1 amide bonds. The molecule has 2 N–H and O–H groups in total. The van der Waals surface area contributed by atoms with Gasteiger partial charge in [-0.25, -0.2) is 0 Å². The average molecular weight is 525 g/mol. The van der Waals surface area contributed by atoms with Crippen LogP contribution < -0.4 is 10.6 Å². The number of hydrogen-bond acceptors (Lipinski definition) is 3. The highest BCUT2D eigenvalue weighted by atomic mass is 127. The molecule has 140 valence electrons. The first-order chi connectivity index (χ1) is 11.6. The Kier molecular flexibility index (Phi) is 10.4. The topological polar surface area (TPSA) is 66.0 Å². The fourth-order valence-electron chi connectivity index (χ4n) is 2.81. The zero-order valence-electron chi connectivity index (χ0n) is 14.6. The number of methoxy groups -OCH3 is 1. The molecule has 1 atom stereocenters. The highest BCUT2D eigenvalue weighted by Crippen LogP contribution is 2.16. The molecule has 2 rings (SSSR count). The van der Waals surface area contributed by atoms with Gasteiger partial charge in [0.05, 0.1) is 6.61 Å². The molecule has 1 unspecified atom stereocenters. The number of ether oxygens (including phenoxy) is 1. The zero-order chi connectivity index (χ0) is 17.4. The van der Waals surface area contributed by atoms with Gasteiger partial charge in [0.2, 0.25) is 0 Å². The molecule has 0 spiro atoms. The molecule has 1 saturated heterocycles. The van der Waals surface area contributed by atoms with Gasteiger partial charge in [-0.2, -0.15) is 0 Å². The van der Waals surface area contributed by atoms with Gasteiger partial charge in [0.1, 0.15) is 0 Å². The van der Waals surface area contributed by atoms with Crippen LogP contribution in [0.4, 0.5) is 0 Å². The number of aliphatic imine (C=N–C) groups is 1. The lowest BCUT2D eigenvalue weighted by Gasteiger charge is -2.21. The van der Waals surface area contributed by atoms with Crippen LogP contribution in [0, 0.1) is 5.92 Å². The van der Waals surface area contributed by atoms with Crippen LogP contribution in [-0.4, -0.2) is 63.7 Å². The average Bonchev–Trinajstić information content (AvgIpc) is 3.03. The number of benzene rings is 1. The number of rotatable bonds is 6. The number of nitrogens with zero attached hydrogens (tertiary/aromatic N) is 2. The van der Waals surface area contributed by atoms with E-state index in [1.807, 2.05) is 18.2 Å². The summed E-state index contributed by atoms with van der Waals surface area (Å²) in [7, 11) is 3.52. The van der Waals surface area contributed by atoms with Crippen LogP contribution >= 0.6 is 39.9 Å². The minimum Gasteiger partial charge on any atom is -0.384 e. The highest BCUT2D eigenvalue weighted by molar-refractivity contribution is 14.0. The van der Waals surface area contributed by atoms with E-state index in [0.29, 0.717) is 24.6 Å². The van der Waals surface area contributed by atoms with E-state index < -0.39 is 0 Å². The third-order valence-electron chi connectivity index (χ3n) is 3.98. The van der Waals surface area contributed by atoms with Crippen molar-refractivity contribution >= 4 is 51.8 Å². The van der Waals surface area contributed by atoms with E-state index in [1.54, 1.807) is 20.2 Å². The predicted octanol–water partition coefficient (Wildman–Crippen LogP) is 2.34. The Morgan fingerprint density at radius 1 is 1.40 bits per heavy atom. The maximum absolute atomic E-state index is 12.1. The van der Waals surface area contributed by atoms with Gasteiger partial charge in [0, 0.05) is 56.3 Å². The van der Waals surface area contributed by atoms with Crippen molar-refractivity contribution in [3.63, 3.8) is 0 Å². The monoisotopic (exact) mass is 524 g/mol. The van der Waals surface area contributed by atoms with Crippen molar-refractivity contribution in [2.24, 2.45) is 10.9 Å². The van der Waals surface area contributed by atoms with E-state index in [9.17, 15) is 4.79 Å². The van der Waals surface area contributed by atoms with E-state index in [0.717, 1.165) is 36.5 Å². The molecule has 1 fully saturated rings. The van der Waals surface area contributed by atoms with Crippen LogP contribution in [0.3, 0.4) is 0 Å². The van der Waals surface area contributed by atoms with Crippen LogP contribution in [0.2, 0.25) is 0 Å². The second-order valence-corrected chi connectivity index (χ2v) is 6.71. The summed E-state index contributed by atoms with van der Waals surface area (Å²) < 4.78 is 6.12. The third-order valence-corrected chi connectivity index (χ3v) is 4.47. The number of guanidine groups is 1. The second-order valence-electron chi connectivity index (χ2n) is 5.80. The maximum Gasteiger partial charge on any atom is 0.251 e. The number of halogens is 2. The van der Waals surface area contributed by atoms with Crippen LogP contribution in [0.1, 0.15) is 16.8 Å². The summed E-state index contributed by atoms with van der Waals surface area (Å²) in [6.07, 6.45) is 1.12. The molecule has 1 aromatic carbocycles. The summed E-state index contributed by atoms with van der Waals surface area (Å²) in [5, 5.41) is 6.21. The summed E-state index contributed by atoms with van der Waals surface area (Å²) in [5.74, 6) is 1.37. The molecule has 6 nitrogen and oxygen atoms in total. The highest BCUT2D eigenvalue weighted by Gasteiger charge is 2.24. The van der Waals surface area contributed by atoms with Gasteiger partial charge >= 0.3 is 0 Å². The molecule has 1 heterocycles. The molecule has 25 heavy (non-hydrogen) atoms. The van der Waals surface area contributed by atoms with Crippen molar-refractivity contribution in [3.8, 4) is 0 Å². The third kappa shape index (κ3) is 7.10. The van der Waals surface area contributed by atoms with Crippen molar-refractivity contribution in [2.75, 3.05) is 46.9 Å². The summed E-state index contributed by atoms with van der Waals surface area (Å²) in [6.45, 7) is 3.91. The Bertz CT molecular complexity index is 586. The quantitative estimate of drug-likeness (QED) is 0.259. The van der Waals surface area contributed by atoms with E-state index in [2.05, 4.69) is 36.5 Å². The second kappa shape index (κ2) is 11.7. The first-order valence-electron chi connectivity index (χ1n) is 8.12. The van der Waals surface area contributed by atoms with Crippen molar-refractivity contribution in [3.05, 3.63) is 34.3 Å².